The largest absolute Gasteiger partial charge is 0.298 e. The number of rotatable bonds is 5. The van der Waals surface area contributed by atoms with Crippen molar-refractivity contribution in [2.75, 3.05) is 13.1 Å². The van der Waals surface area contributed by atoms with Crippen molar-refractivity contribution in [2.24, 2.45) is 9.98 Å². The molecule has 78 valence electrons. The van der Waals surface area contributed by atoms with E-state index in [1.54, 1.807) is 0 Å². The summed E-state index contributed by atoms with van der Waals surface area (Å²) >= 11 is 0. The van der Waals surface area contributed by atoms with Crippen LogP contribution >= 0.6 is 0 Å². The van der Waals surface area contributed by atoms with Crippen LogP contribution in [0.3, 0.4) is 0 Å². The molecule has 0 unspecified atom stereocenters. The highest BCUT2D eigenvalue weighted by Gasteiger charge is 1.73. The Morgan fingerprint density at radius 3 is 1.69 bits per heavy atom. The zero-order valence-corrected chi connectivity index (χ0v) is 9.58. The molecule has 0 saturated heterocycles. The van der Waals surface area contributed by atoms with E-state index in [4.69, 9.17) is 0 Å². The van der Waals surface area contributed by atoms with Gasteiger partial charge in [0.1, 0.15) is 0 Å². The summed E-state index contributed by atoms with van der Waals surface area (Å²) in [5.74, 6) is 0. The van der Waals surface area contributed by atoms with Gasteiger partial charge >= 0.3 is 0 Å². The molecule has 0 aliphatic rings. The molecule has 13 heavy (non-hydrogen) atoms. The molecular formula is C11H24N2. The molecule has 0 aromatic rings. The number of hydrogen-bond acceptors (Lipinski definition) is 2. The Morgan fingerprint density at radius 2 is 1.38 bits per heavy atom. The van der Waals surface area contributed by atoms with E-state index in [0.29, 0.717) is 0 Å². The van der Waals surface area contributed by atoms with Crippen molar-refractivity contribution in [3.63, 3.8) is 0 Å². The van der Waals surface area contributed by atoms with Crippen LogP contribution in [0.4, 0.5) is 0 Å². The van der Waals surface area contributed by atoms with E-state index in [1.165, 1.54) is 12.8 Å². The average Bonchev–Trinajstić information content (AvgIpc) is 2.17. The lowest BCUT2D eigenvalue weighted by Gasteiger charge is -1.84. The van der Waals surface area contributed by atoms with Gasteiger partial charge in [0, 0.05) is 13.1 Å². The van der Waals surface area contributed by atoms with E-state index >= 15 is 0 Å². The summed E-state index contributed by atoms with van der Waals surface area (Å²) in [6, 6.07) is 0. The normalized spacial score (nSPS) is 10.5. The molecule has 0 rings (SSSR count). The zero-order valence-electron chi connectivity index (χ0n) is 9.58. The van der Waals surface area contributed by atoms with Gasteiger partial charge in [-0.3, -0.25) is 9.98 Å². The predicted molar refractivity (Wildman–Crippen MR) is 63.3 cm³/mol. The van der Waals surface area contributed by atoms with Gasteiger partial charge in [-0.15, -0.1) is 0 Å². The molecule has 0 saturated carbocycles. The van der Waals surface area contributed by atoms with Crippen LogP contribution < -0.4 is 0 Å². The molecule has 0 aromatic carbocycles. The maximum atomic E-state index is 4.04. The van der Waals surface area contributed by atoms with Crippen LogP contribution in [0, 0.1) is 0 Å². The first-order chi connectivity index (χ1) is 6.33. The first-order valence-electron chi connectivity index (χ1n) is 5.22. The maximum Gasteiger partial charge on any atom is 0.0385 e. The van der Waals surface area contributed by atoms with Crippen LogP contribution in [0.15, 0.2) is 9.98 Å². The summed E-state index contributed by atoms with van der Waals surface area (Å²) in [7, 11) is 0. The molecule has 0 fully saturated rings. The second-order valence-electron chi connectivity index (χ2n) is 2.68. The molecule has 0 aliphatic carbocycles. The van der Waals surface area contributed by atoms with Crippen molar-refractivity contribution in [2.45, 2.75) is 47.0 Å². The highest BCUT2D eigenvalue weighted by Crippen LogP contribution is 1.84. The molecule has 0 aliphatic heterocycles. The second kappa shape index (κ2) is 17.4. The summed E-state index contributed by atoms with van der Waals surface area (Å²) < 4.78 is 0. The molecule has 0 aromatic heterocycles. The fourth-order valence-corrected chi connectivity index (χ4v) is 0.637. The van der Waals surface area contributed by atoms with Crippen molar-refractivity contribution < 1.29 is 0 Å². The predicted octanol–water partition coefficient (Wildman–Crippen LogP) is 3.36. The Balaban J connectivity index is 0. The van der Waals surface area contributed by atoms with E-state index in [9.17, 15) is 0 Å². The third-order valence-electron chi connectivity index (χ3n) is 1.36. The monoisotopic (exact) mass is 184 g/mol. The van der Waals surface area contributed by atoms with Crippen LogP contribution in [0.5, 0.6) is 0 Å². The van der Waals surface area contributed by atoms with Crippen molar-refractivity contribution in [3.8, 4) is 0 Å². The van der Waals surface area contributed by atoms with Crippen LogP contribution in [-0.2, 0) is 0 Å². The highest BCUT2D eigenvalue weighted by atomic mass is 14.7. The summed E-state index contributed by atoms with van der Waals surface area (Å²) in [5, 5.41) is 0. The van der Waals surface area contributed by atoms with E-state index in [0.717, 1.165) is 19.5 Å². The minimum Gasteiger partial charge on any atom is -0.298 e. The van der Waals surface area contributed by atoms with Crippen molar-refractivity contribution in [3.05, 3.63) is 0 Å². The van der Waals surface area contributed by atoms with E-state index in [2.05, 4.69) is 23.8 Å². The van der Waals surface area contributed by atoms with E-state index < -0.39 is 0 Å². The molecular weight excluding hydrogens is 160 g/mol. The molecule has 0 bridgehead atoms. The Morgan fingerprint density at radius 1 is 0.846 bits per heavy atom. The van der Waals surface area contributed by atoms with Gasteiger partial charge in [-0.1, -0.05) is 20.3 Å². The summed E-state index contributed by atoms with van der Waals surface area (Å²) in [4.78, 5) is 8.00. The fraction of sp³-hybridized carbons (Fsp3) is 0.818. The van der Waals surface area contributed by atoms with E-state index in [-0.39, 0.29) is 0 Å². The lowest BCUT2D eigenvalue weighted by atomic mass is 10.3. The topological polar surface area (TPSA) is 24.7 Å². The molecule has 0 radical (unpaired) electrons. The van der Waals surface area contributed by atoms with Crippen LogP contribution in [0.1, 0.15) is 47.0 Å². The lowest BCUT2D eigenvalue weighted by molar-refractivity contribution is 0.810. The van der Waals surface area contributed by atoms with Crippen LogP contribution in [-0.4, -0.2) is 25.5 Å². The van der Waals surface area contributed by atoms with Crippen LogP contribution in [0.25, 0.3) is 0 Å². The van der Waals surface area contributed by atoms with Crippen molar-refractivity contribution in [1.82, 2.24) is 0 Å². The highest BCUT2D eigenvalue weighted by molar-refractivity contribution is 5.53. The lowest BCUT2D eigenvalue weighted by Crippen LogP contribution is -1.76. The number of unbranched alkanes of at least 4 members (excludes halogenated alkanes) is 1. The van der Waals surface area contributed by atoms with Gasteiger partial charge in [0.15, 0.2) is 0 Å². The Bertz CT molecular complexity index is 117. The molecule has 2 heteroatoms. The van der Waals surface area contributed by atoms with Crippen LogP contribution in [0.2, 0.25) is 0 Å². The first-order valence-corrected chi connectivity index (χ1v) is 5.22. The van der Waals surface area contributed by atoms with Gasteiger partial charge < -0.3 is 0 Å². The smallest absolute Gasteiger partial charge is 0.0385 e. The van der Waals surface area contributed by atoms with Gasteiger partial charge in [-0.05, 0) is 39.1 Å². The maximum absolute atomic E-state index is 4.04. The summed E-state index contributed by atoms with van der Waals surface area (Å²) in [6.07, 6.45) is 7.32. The summed E-state index contributed by atoms with van der Waals surface area (Å²) in [5.41, 5.74) is 0. The van der Waals surface area contributed by atoms with Gasteiger partial charge in [-0.2, -0.15) is 0 Å². The van der Waals surface area contributed by atoms with Gasteiger partial charge in [0.25, 0.3) is 0 Å². The van der Waals surface area contributed by atoms with Crippen molar-refractivity contribution in [1.29, 1.82) is 0 Å². The third-order valence-corrected chi connectivity index (χ3v) is 1.36. The molecule has 0 amide bonds. The third kappa shape index (κ3) is 24.6. The van der Waals surface area contributed by atoms with Gasteiger partial charge in [-0.25, -0.2) is 0 Å². The summed E-state index contributed by atoms with van der Waals surface area (Å²) in [6.45, 7) is 10.2. The second-order valence-corrected chi connectivity index (χ2v) is 2.68. The average molecular weight is 184 g/mol. The standard InChI is InChI=1S/C6H13N.C5H11N/c1-3-5-6-7-4-2;1-3-5-6-4-2/h4H,3,5-6H2,1-2H3;4H,3,5H2,1-2H3. The molecule has 0 heterocycles. The number of aliphatic imine (C=N–C) groups is 2. The Kier molecular flexibility index (Phi) is 19.9. The molecule has 0 N–H and O–H groups in total. The fourth-order valence-electron chi connectivity index (χ4n) is 0.637. The van der Waals surface area contributed by atoms with Crippen molar-refractivity contribution >= 4 is 12.4 Å². The van der Waals surface area contributed by atoms with Gasteiger partial charge in [0.2, 0.25) is 0 Å². The van der Waals surface area contributed by atoms with E-state index in [1.807, 2.05) is 26.3 Å². The SMILES string of the molecule is CC=NCCC.CC=NCCCC. The Hall–Kier alpha value is -0.660. The quantitative estimate of drug-likeness (QED) is 0.462. The zero-order chi connectivity index (χ0) is 10.4. The first kappa shape index (κ1) is 14.8. The molecule has 2 nitrogen and oxygen atoms in total. The number of hydrogen-bond donors (Lipinski definition) is 0. The minimum absolute atomic E-state index is 0.983. The molecule has 0 spiro atoms. The van der Waals surface area contributed by atoms with Gasteiger partial charge in [0.05, 0.1) is 0 Å². The number of nitrogens with zero attached hydrogens (tertiary/aromatic N) is 2. The minimum atomic E-state index is 0.983. The Labute approximate surface area is 83.2 Å². The molecule has 0 atom stereocenters.